The van der Waals surface area contributed by atoms with Gasteiger partial charge in [-0.3, -0.25) is 0 Å². The van der Waals surface area contributed by atoms with Crippen molar-refractivity contribution < 1.29 is 0 Å². The quantitative estimate of drug-likeness (QED) is 0.128. The van der Waals surface area contributed by atoms with Crippen LogP contribution < -0.4 is 0 Å². The van der Waals surface area contributed by atoms with Crippen molar-refractivity contribution in [3.8, 4) is 0 Å². The number of hydrogen-bond donors (Lipinski definition) is 0. The standard InChI is InChI=1S/C24H52AsCl/c1-5-9-13-17-21-25(26,22-18-14-10-6-2,23-19-15-11-7-3)24-20-16-12-8-4/h5-24H2,1-4H3. The zero-order valence-electron chi connectivity index (χ0n) is 19.0. The molecule has 0 saturated carbocycles. The molecule has 0 nitrogen and oxygen atoms in total. The van der Waals surface area contributed by atoms with Crippen LogP contribution in [0.4, 0.5) is 0 Å². The number of unbranched alkanes of at least 4 members (excludes halogenated alkanes) is 12. The molecular weight excluding hydrogens is 399 g/mol. The van der Waals surface area contributed by atoms with E-state index < -0.39 is 11.5 Å². The third kappa shape index (κ3) is 13.1. The van der Waals surface area contributed by atoms with Crippen molar-refractivity contribution in [2.24, 2.45) is 0 Å². The first kappa shape index (κ1) is 26.8. The predicted molar refractivity (Wildman–Crippen MR) is 127 cm³/mol. The van der Waals surface area contributed by atoms with Crippen molar-refractivity contribution in [1.29, 1.82) is 0 Å². The molecule has 0 heterocycles. The van der Waals surface area contributed by atoms with Crippen LogP contribution in [0.25, 0.3) is 0 Å². The van der Waals surface area contributed by atoms with Crippen molar-refractivity contribution in [3.63, 3.8) is 0 Å². The molecule has 0 amide bonds. The van der Waals surface area contributed by atoms with Gasteiger partial charge in [0, 0.05) is 0 Å². The zero-order valence-corrected chi connectivity index (χ0v) is 21.6. The Morgan fingerprint density at radius 1 is 0.385 bits per heavy atom. The van der Waals surface area contributed by atoms with Gasteiger partial charge in [0.2, 0.25) is 0 Å². The average Bonchev–Trinajstić information content (AvgIpc) is 2.64. The molecule has 0 aliphatic heterocycles. The zero-order chi connectivity index (χ0) is 19.6. The SMILES string of the molecule is CCCCCC[As](Cl)(CCCCCC)(CCCCCC)CCCCCC. The normalized spacial score (nSPS) is 13.7. The van der Waals surface area contributed by atoms with E-state index >= 15 is 0 Å². The Bertz CT molecular complexity index is 243. The van der Waals surface area contributed by atoms with Crippen LogP contribution in [0.2, 0.25) is 20.8 Å². The summed E-state index contributed by atoms with van der Waals surface area (Å²) >= 11 is -2.66. The second-order valence-electron chi connectivity index (χ2n) is 8.96. The van der Waals surface area contributed by atoms with Crippen molar-refractivity contribution in [2.75, 3.05) is 0 Å². The van der Waals surface area contributed by atoms with Gasteiger partial charge in [0.15, 0.2) is 0 Å². The molecule has 0 aromatic rings. The molecule has 0 aliphatic carbocycles. The van der Waals surface area contributed by atoms with Crippen LogP contribution in [0.1, 0.15) is 130 Å². The van der Waals surface area contributed by atoms with Crippen molar-refractivity contribution in [3.05, 3.63) is 0 Å². The third-order valence-corrected chi connectivity index (χ3v) is 21.8. The van der Waals surface area contributed by atoms with E-state index in [1.54, 1.807) is 0 Å². The topological polar surface area (TPSA) is 0 Å². The molecular formula is C24H52AsCl. The second kappa shape index (κ2) is 16.8. The molecule has 0 aromatic heterocycles. The maximum absolute atomic E-state index is 7.89. The Morgan fingerprint density at radius 3 is 0.808 bits per heavy atom. The van der Waals surface area contributed by atoms with Crippen LogP contribution >= 0.6 is 9.95 Å². The van der Waals surface area contributed by atoms with Gasteiger partial charge < -0.3 is 0 Å². The van der Waals surface area contributed by atoms with E-state index in [1.165, 1.54) is 124 Å². The minimum atomic E-state index is -2.66. The molecule has 0 spiro atoms. The van der Waals surface area contributed by atoms with E-state index in [-0.39, 0.29) is 0 Å². The summed E-state index contributed by atoms with van der Waals surface area (Å²) in [5.41, 5.74) is 0. The number of halogens is 1. The van der Waals surface area contributed by atoms with Crippen LogP contribution in [0, 0.1) is 0 Å². The summed E-state index contributed by atoms with van der Waals surface area (Å²) in [4.78, 5) is 0. The summed E-state index contributed by atoms with van der Waals surface area (Å²) in [6, 6.07) is 0. The Hall–Kier alpha value is 0.848. The molecule has 160 valence electrons. The molecule has 0 fully saturated rings. The Balaban J connectivity index is 4.94. The summed E-state index contributed by atoms with van der Waals surface area (Å²) in [5.74, 6) is 0. The van der Waals surface area contributed by atoms with Gasteiger partial charge in [-0.1, -0.05) is 0 Å². The fraction of sp³-hybridized carbons (Fsp3) is 1.00. The van der Waals surface area contributed by atoms with E-state index in [2.05, 4.69) is 27.7 Å². The van der Waals surface area contributed by atoms with Crippen molar-refractivity contribution in [2.45, 2.75) is 151 Å². The first-order valence-electron chi connectivity index (χ1n) is 12.3. The van der Waals surface area contributed by atoms with E-state index in [4.69, 9.17) is 9.95 Å². The van der Waals surface area contributed by atoms with Crippen molar-refractivity contribution in [1.82, 2.24) is 0 Å². The van der Waals surface area contributed by atoms with E-state index in [1.807, 2.05) is 0 Å². The Labute approximate surface area is 172 Å². The predicted octanol–water partition coefficient (Wildman–Crippen LogP) is 10.4. The molecule has 0 rings (SSSR count). The van der Waals surface area contributed by atoms with Gasteiger partial charge in [0.25, 0.3) is 0 Å². The van der Waals surface area contributed by atoms with Gasteiger partial charge in [-0.05, 0) is 0 Å². The molecule has 0 bridgehead atoms. The fourth-order valence-electron chi connectivity index (χ4n) is 4.41. The summed E-state index contributed by atoms with van der Waals surface area (Å²) in [7, 11) is 7.89. The average molecular weight is 451 g/mol. The van der Waals surface area contributed by atoms with E-state index in [0.29, 0.717) is 0 Å². The van der Waals surface area contributed by atoms with Crippen LogP contribution in [-0.2, 0) is 0 Å². The first-order chi connectivity index (χ1) is 12.5. The van der Waals surface area contributed by atoms with E-state index in [0.717, 1.165) is 0 Å². The molecule has 0 radical (unpaired) electrons. The molecule has 2 heteroatoms. The van der Waals surface area contributed by atoms with Gasteiger partial charge in [0.1, 0.15) is 0 Å². The number of rotatable bonds is 20. The van der Waals surface area contributed by atoms with Gasteiger partial charge >= 0.3 is 173 Å². The molecule has 26 heavy (non-hydrogen) atoms. The Morgan fingerprint density at radius 2 is 0.615 bits per heavy atom. The third-order valence-electron chi connectivity index (χ3n) is 6.28. The number of hydrogen-bond acceptors (Lipinski definition) is 0. The van der Waals surface area contributed by atoms with Gasteiger partial charge in [0.05, 0.1) is 0 Å². The van der Waals surface area contributed by atoms with Gasteiger partial charge in [-0.15, -0.1) is 0 Å². The van der Waals surface area contributed by atoms with Crippen LogP contribution in [0.15, 0.2) is 0 Å². The minimum absolute atomic E-state index is 1.34. The Kier molecular flexibility index (Phi) is 17.3. The first-order valence-corrected chi connectivity index (χ1v) is 20.0. The monoisotopic (exact) mass is 450 g/mol. The summed E-state index contributed by atoms with van der Waals surface area (Å²) < 4.78 is 0. The maximum atomic E-state index is 7.89. The molecule has 0 unspecified atom stereocenters. The summed E-state index contributed by atoms with van der Waals surface area (Å²) in [5, 5.41) is 5.74. The van der Waals surface area contributed by atoms with Crippen LogP contribution in [0.5, 0.6) is 0 Å². The summed E-state index contributed by atoms with van der Waals surface area (Å²) in [6.45, 7) is 9.30. The summed E-state index contributed by atoms with van der Waals surface area (Å²) in [6.07, 6.45) is 22.3. The molecule has 0 N–H and O–H groups in total. The second-order valence-corrected chi connectivity index (χ2v) is 25.3. The van der Waals surface area contributed by atoms with Gasteiger partial charge in [-0.2, -0.15) is 0 Å². The molecule has 0 aliphatic rings. The van der Waals surface area contributed by atoms with Crippen LogP contribution in [-0.4, -0.2) is 11.5 Å². The van der Waals surface area contributed by atoms with E-state index in [9.17, 15) is 0 Å². The van der Waals surface area contributed by atoms with Crippen LogP contribution in [0.3, 0.4) is 0 Å². The molecule has 0 aromatic carbocycles. The van der Waals surface area contributed by atoms with Crippen molar-refractivity contribution >= 4 is 21.5 Å². The molecule has 0 saturated heterocycles. The fourth-order valence-corrected chi connectivity index (χ4v) is 18.2. The van der Waals surface area contributed by atoms with Gasteiger partial charge in [-0.25, -0.2) is 0 Å². The molecule has 0 atom stereocenters.